The second kappa shape index (κ2) is 3.93. The van der Waals surface area contributed by atoms with E-state index in [0.29, 0.717) is 29.7 Å². The minimum absolute atomic E-state index is 0.0762. The van der Waals surface area contributed by atoms with Crippen molar-refractivity contribution in [3.63, 3.8) is 0 Å². The molecule has 0 radical (unpaired) electrons. The standard InChI is InChI=1S/C13H15ClN2O2/c1-8-4-9(5-11(14)15-8)12(17)16-6-13(18,7-16)10-2-3-10/h4-5,10,18H,2-3,6-7H2,1H3. The second-order valence-corrected chi connectivity index (χ2v) is 5.75. The number of aliphatic hydroxyl groups is 1. The molecule has 0 spiro atoms. The highest BCUT2D eigenvalue weighted by Crippen LogP contribution is 2.44. The Morgan fingerprint density at radius 2 is 2.17 bits per heavy atom. The van der Waals surface area contributed by atoms with E-state index < -0.39 is 5.60 Å². The van der Waals surface area contributed by atoms with Crippen LogP contribution < -0.4 is 0 Å². The topological polar surface area (TPSA) is 53.4 Å². The van der Waals surface area contributed by atoms with Gasteiger partial charge < -0.3 is 10.0 Å². The first-order valence-corrected chi connectivity index (χ1v) is 6.51. The number of hydrogen-bond donors (Lipinski definition) is 1. The number of carbonyl (C=O) groups excluding carboxylic acids is 1. The summed E-state index contributed by atoms with van der Waals surface area (Å²) >= 11 is 5.85. The fourth-order valence-corrected chi connectivity index (χ4v) is 2.82. The Balaban J connectivity index is 1.72. The summed E-state index contributed by atoms with van der Waals surface area (Å²) in [5, 5.41) is 10.5. The minimum Gasteiger partial charge on any atom is -0.386 e. The van der Waals surface area contributed by atoms with Crippen molar-refractivity contribution in [1.82, 2.24) is 9.88 Å². The summed E-state index contributed by atoms with van der Waals surface area (Å²) in [7, 11) is 0. The number of aromatic nitrogens is 1. The number of β-amino-alcohol motifs (C(OH)–C–C–N with tert-alkyl or cyclic N) is 1. The Morgan fingerprint density at radius 3 is 2.72 bits per heavy atom. The van der Waals surface area contributed by atoms with E-state index in [-0.39, 0.29) is 5.91 Å². The first-order chi connectivity index (χ1) is 8.48. The summed E-state index contributed by atoms with van der Waals surface area (Å²) in [5.74, 6) is 0.317. The predicted molar refractivity (Wildman–Crippen MR) is 67.6 cm³/mol. The first-order valence-electron chi connectivity index (χ1n) is 6.14. The molecular formula is C13H15ClN2O2. The maximum atomic E-state index is 12.2. The van der Waals surface area contributed by atoms with Crippen molar-refractivity contribution in [3.05, 3.63) is 28.5 Å². The Bertz CT molecular complexity index is 487. The van der Waals surface area contributed by atoms with Gasteiger partial charge in [-0.25, -0.2) is 4.98 Å². The van der Waals surface area contributed by atoms with Crippen LogP contribution in [0.5, 0.6) is 0 Å². The van der Waals surface area contributed by atoms with Gasteiger partial charge in [-0.05, 0) is 37.8 Å². The van der Waals surface area contributed by atoms with Gasteiger partial charge in [0.25, 0.3) is 5.91 Å². The molecule has 3 rings (SSSR count). The maximum Gasteiger partial charge on any atom is 0.254 e. The molecule has 0 unspecified atom stereocenters. The lowest BCUT2D eigenvalue weighted by atomic mass is 9.88. The number of nitrogens with zero attached hydrogens (tertiary/aromatic N) is 2. The molecule has 0 aromatic carbocycles. The molecule has 18 heavy (non-hydrogen) atoms. The summed E-state index contributed by atoms with van der Waals surface area (Å²) in [5.41, 5.74) is 0.635. The molecule has 2 heterocycles. The largest absolute Gasteiger partial charge is 0.386 e. The van der Waals surface area contributed by atoms with Crippen molar-refractivity contribution < 1.29 is 9.90 Å². The Hall–Kier alpha value is -1.13. The molecule has 1 saturated heterocycles. The van der Waals surface area contributed by atoms with Crippen molar-refractivity contribution in [2.24, 2.45) is 5.92 Å². The number of likely N-dealkylation sites (tertiary alicyclic amines) is 1. The van der Waals surface area contributed by atoms with Gasteiger partial charge in [0, 0.05) is 11.3 Å². The molecule has 1 amide bonds. The van der Waals surface area contributed by atoms with Gasteiger partial charge in [0.05, 0.1) is 13.1 Å². The predicted octanol–water partition coefficient (Wildman–Crippen LogP) is 1.64. The average molecular weight is 267 g/mol. The smallest absolute Gasteiger partial charge is 0.254 e. The quantitative estimate of drug-likeness (QED) is 0.828. The van der Waals surface area contributed by atoms with E-state index in [1.54, 1.807) is 24.0 Å². The van der Waals surface area contributed by atoms with E-state index >= 15 is 0 Å². The zero-order chi connectivity index (χ0) is 12.9. The van der Waals surface area contributed by atoms with E-state index in [1.165, 1.54) is 0 Å². The number of halogens is 1. The van der Waals surface area contributed by atoms with Gasteiger partial charge in [-0.1, -0.05) is 11.6 Å². The number of hydrogen-bond acceptors (Lipinski definition) is 3. The molecule has 1 aromatic heterocycles. The van der Waals surface area contributed by atoms with Crippen molar-refractivity contribution in [2.75, 3.05) is 13.1 Å². The van der Waals surface area contributed by atoms with Gasteiger partial charge in [-0.2, -0.15) is 0 Å². The molecule has 1 aliphatic heterocycles. The number of rotatable bonds is 2. The van der Waals surface area contributed by atoms with Crippen LogP contribution in [0.15, 0.2) is 12.1 Å². The SMILES string of the molecule is Cc1cc(C(=O)N2CC(O)(C3CC3)C2)cc(Cl)n1. The number of aryl methyl sites for hydroxylation is 1. The van der Waals surface area contributed by atoms with Crippen LogP contribution >= 0.6 is 11.6 Å². The first kappa shape index (κ1) is 11.9. The van der Waals surface area contributed by atoms with Crippen LogP contribution in [0.4, 0.5) is 0 Å². The van der Waals surface area contributed by atoms with Crippen LogP contribution in [0.25, 0.3) is 0 Å². The zero-order valence-corrected chi connectivity index (χ0v) is 10.9. The molecule has 0 atom stereocenters. The van der Waals surface area contributed by atoms with Gasteiger partial charge in [-0.3, -0.25) is 4.79 Å². The summed E-state index contributed by atoms with van der Waals surface area (Å²) < 4.78 is 0. The maximum absolute atomic E-state index is 12.2. The monoisotopic (exact) mass is 266 g/mol. The molecule has 96 valence electrons. The highest BCUT2D eigenvalue weighted by atomic mass is 35.5. The number of pyridine rings is 1. The van der Waals surface area contributed by atoms with Crippen molar-refractivity contribution in [2.45, 2.75) is 25.4 Å². The lowest BCUT2D eigenvalue weighted by molar-refractivity contribution is -0.0958. The van der Waals surface area contributed by atoms with E-state index in [0.717, 1.165) is 18.5 Å². The minimum atomic E-state index is -0.637. The molecule has 1 aromatic rings. The van der Waals surface area contributed by atoms with Crippen molar-refractivity contribution in [3.8, 4) is 0 Å². The van der Waals surface area contributed by atoms with Crippen LogP contribution in [-0.4, -0.2) is 39.6 Å². The summed E-state index contributed by atoms with van der Waals surface area (Å²) in [4.78, 5) is 17.9. The molecule has 2 aliphatic rings. The van der Waals surface area contributed by atoms with Crippen LogP contribution in [0.3, 0.4) is 0 Å². The van der Waals surface area contributed by atoms with Gasteiger partial charge in [0.2, 0.25) is 0 Å². The summed E-state index contributed by atoms with van der Waals surface area (Å²) in [6, 6.07) is 3.30. The zero-order valence-electron chi connectivity index (χ0n) is 10.2. The Morgan fingerprint density at radius 1 is 1.50 bits per heavy atom. The third-order valence-electron chi connectivity index (χ3n) is 3.72. The normalized spacial score (nSPS) is 21.6. The van der Waals surface area contributed by atoms with Crippen LogP contribution in [0, 0.1) is 12.8 Å². The van der Waals surface area contributed by atoms with Gasteiger partial charge in [-0.15, -0.1) is 0 Å². The molecule has 5 heteroatoms. The number of carbonyl (C=O) groups is 1. The van der Waals surface area contributed by atoms with Crippen LogP contribution in [0.1, 0.15) is 28.9 Å². The molecule has 0 bridgehead atoms. The van der Waals surface area contributed by atoms with E-state index in [2.05, 4.69) is 4.98 Å². The van der Waals surface area contributed by atoms with Crippen LogP contribution in [0.2, 0.25) is 5.15 Å². The lowest BCUT2D eigenvalue weighted by Gasteiger charge is -2.47. The van der Waals surface area contributed by atoms with Gasteiger partial charge in [0.1, 0.15) is 10.8 Å². The highest BCUT2D eigenvalue weighted by molar-refractivity contribution is 6.29. The average Bonchev–Trinajstić information content (AvgIpc) is 3.06. The van der Waals surface area contributed by atoms with Crippen LogP contribution in [-0.2, 0) is 0 Å². The van der Waals surface area contributed by atoms with Crippen molar-refractivity contribution in [1.29, 1.82) is 0 Å². The van der Waals surface area contributed by atoms with E-state index in [1.807, 2.05) is 0 Å². The summed E-state index contributed by atoms with van der Waals surface area (Å²) in [6.07, 6.45) is 2.16. The Kier molecular flexibility index (Phi) is 2.61. The molecule has 1 aliphatic carbocycles. The van der Waals surface area contributed by atoms with Gasteiger partial charge >= 0.3 is 0 Å². The number of amides is 1. The van der Waals surface area contributed by atoms with E-state index in [9.17, 15) is 9.90 Å². The third-order valence-corrected chi connectivity index (χ3v) is 3.92. The van der Waals surface area contributed by atoms with Crippen molar-refractivity contribution >= 4 is 17.5 Å². The molecule has 2 fully saturated rings. The van der Waals surface area contributed by atoms with E-state index in [4.69, 9.17) is 11.6 Å². The highest BCUT2D eigenvalue weighted by Gasteiger charge is 2.53. The molecule has 1 N–H and O–H groups in total. The Labute approximate surface area is 111 Å². The third kappa shape index (κ3) is 1.99. The fraction of sp³-hybridized carbons (Fsp3) is 0.538. The molecule has 4 nitrogen and oxygen atoms in total. The molecular weight excluding hydrogens is 252 g/mol. The fourth-order valence-electron chi connectivity index (χ4n) is 2.57. The lowest BCUT2D eigenvalue weighted by Crippen LogP contribution is -2.64. The van der Waals surface area contributed by atoms with Gasteiger partial charge in [0.15, 0.2) is 0 Å². The molecule has 1 saturated carbocycles. The summed E-state index contributed by atoms with van der Waals surface area (Å²) in [6.45, 7) is 2.68. The second-order valence-electron chi connectivity index (χ2n) is 5.36.